The van der Waals surface area contributed by atoms with Gasteiger partial charge in [-0.25, -0.2) is 4.98 Å². The van der Waals surface area contributed by atoms with Gasteiger partial charge >= 0.3 is 0 Å². The van der Waals surface area contributed by atoms with Gasteiger partial charge in [0.25, 0.3) is 0 Å². The average Bonchev–Trinajstić information content (AvgIpc) is 3.08. The molecule has 106 valence electrons. The van der Waals surface area contributed by atoms with E-state index >= 15 is 0 Å². The molecule has 0 amide bonds. The van der Waals surface area contributed by atoms with Crippen LogP contribution in [0.4, 0.5) is 0 Å². The zero-order chi connectivity index (χ0) is 13.9. The van der Waals surface area contributed by atoms with Gasteiger partial charge in [0.1, 0.15) is 6.26 Å². The highest BCUT2D eigenvalue weighted by atomic mass is 35.5. The molecule has 0 radical (unpaired) electrons. The van der Waals surface area contributed by atoms with Gasteiger partial charge in [-0.2, -0.15) is 0 Å². The van der Waals surface area contributed by atoms with Gasteiger partial charge in [-0.3, -0.25) is 4.90 Å². The first kappa shape index (κ1) is 13.6. The third kappa shape index (κ3) is 2.87. The zero-order valence-electron chi connectivity index (χ0n) is 11.1. The number of rotatable bonds is 4. The number of likely N-dealkylation sites (tertiary alicyclic amines) is 1. The van der Waals surface area contributed by atoms with Crippen LogP contribution in [-0.4, -0.2) is 34.2 Å². The summed E-state index contributed by atoms with van der Waals surface area (Å²) in [6.45, 7) is 1.93. The SMILES string of the molecule is OC[C@H]1CCCN1Cc1coc(-c2cccc(Cl)c2)n1. The fourth-order valence-corrected chi connectivity index (χ4v) is 2.84. The summed E-state index contributed by atoms with van der Waals surface area (Å²) >= 11 is 5.97. The predicted octanol–water partition coefficient (Wildman–Crippen LogP) is 2.95. The van der Waals surface area contributed by atoms with Crippen LogP contribution in [0.5, 0.6) is 0 Å². The second-order valence-electron chi connectivity index (χ2n) is 5.10. The van der Waals surface area contributed by atoms with E-state index in [4.69, 9.17) is 16.0 Å². The molecule has 4 nitrogen and oxygen atoms in total. The van der Waals surface area contributed by atoms with Crippen LogP contribution < -0.4 is 0 Å². The normalized spacial score (nSPS) is 19.6. The Kier molecular flexibility index (Phi) is 4.05. The summed E-state index contributed by atoms with van der Waals surface area (Å²) < 4.78 is 5.53. The Bertz CT molecular complexity index is 585. The predicted molar refractivity (Wildman–Crippen MR) is 77.5 cm³/mol. The molecular weight excluding hydrogens is 276 g/mol. The highest BCUT2D eigenvalue weighted by Gasteiger charge is 2.24. The number of benzene rings is 1. The minimum absolute atomic E-state index is 0.207. The highest BCUT2D eigenvalue weighted by molar-refractivity contribution is 6.30. The van der Waals surface area contributed by atoms with Crippen LogP contribution in [0, 0.1) is 0 Å². The van der Waals surface area contributed by atoms with Crippen molar-refractivity contribution in [3.8, 4) is 11.5 Å². The van der Waals surface area contributed by atoms with Gasteiger partial charge < -0.3 is 9.52 Å². The molecule has 0 saturated carbocycles. The van der Waals surface area contributed by atoms with E-state index in [1.54, 1.807) is 6.26 Å². The standard InChI is InChI=1S/C15H17ClN2O2/c16-12-4-1-3-11(7-12)15-17-13(10-20-15)8-18-6-2-5-14(18)9-19/h1,3-4,7,10,14,19H,2,5-6,8-9H2/t14-/m1/s1. The van der Waals surface area contributed by atoms with E-state index in [-0.39, 0.29) is 12.6 Å². The molecule has 1 aliphatic rings. The Balaban J connectivity index is 1.74. The van der Waals surface area contributed by atoms with Crippen molar-refractivity contribution in [2.75, 3.05) is 13.2 Å². The van der Waals surface area contributed by atoms with Gasteiger partial charge in [0.15, 0.2) is 0 Å². The number of oxazole rings is 1. The van der Waals surface area contributed by atoms with Crippen LogP contribution in [-0.2, 0) is 6.54 Å². The highest BCUT2D eigenvalue weighted by Crippen LogP contribution is 2.24. The molecule has 1 saturated heterocycles. The second-order valence-corrected chi connectivity index (χ2v) is 5.54. The number of aliphatic hydroxyl groups is 1. The van der Waals surface area contributed by atoms with E-state index < -0.39 is 0 Å². The lowest BCUT2D eigenvalue weighted by Gasteiger charge is -2.20. The van der Waals surface area contributed by atoms with Gasteiger partial charge in [0, 0.05) is 23.2 Å². The number of aliphatic hydroxyl groups excluding tert-OH is 1. The molecule has 1 N–H and O–H groups in total. The maximum atomic E-state index is 9.33. The summed E-state index contributed by atoms with van der Waals surface area (Å²) in [5, 5.41) is 10.00. The van der Waals surface area contributed by atoms with E-state index in [0.29, 0.717) is 10.9 Å². The molecule has 1 aromatic heterocycles. The Hall–Kier alpha value is -1.36. The van der Waals surface area contributed by atoms with Crippen molar-refractivity contribution in [1.29, 1.82) is 0 Å². The quantitative estimate of drug-likeness (QED) is 0.941. The van der Waals surface area contributed by atoms with Crippen molar-refractivity contribution >= 4 is 11.6 Å². The Labute approximate surface area is 123 Å². The van der Waals surface area contributed by atoms with E-state index in [9.17, 15) is 5.11 Å². The molecule has 1 aromatic carbocycles. The molecule has 0 spiro atoms. The molecular formula is C15H17ClN2O2. The molecule has 3 rings (SSSR count). The van der Waals surface area contributed by atoms with Gasteiger partial charge in [-0.05, 0) is 37.6 Å². The Morgan fingerprint density at radius 1 is 1.45 bits per heavy atom. The third-order valence-electron chi connectivity index (χ3n) is 3.70. The van der Waals surface area contributed by atoms with Crippen molar-refractivity contribution in [3.05, 3.63) is 41.2 Å². The lowest BCUT2D eigenvalue weighted by molar-refractivity contribution is 0.152. The van der Waals surface area contributed by atoms with Crippen LogP contribution in [0.15, 0.2) is 34.9 Å². The van der Waals surface area contributed by atoms with E-state index in [2.05, 4.69) is 9.88 Å². The molecule has 0 unspecified atom stereocenters. The van der Waals surface area contributed by atoms with Crippen molar-refractivity contribution < 1.29 is 9.52 Å². The van der Waals surface area contributed by atoms with Crippen LogP contribution >= 0.6 is 11.6 Å². The van der Waals surface area contributed by atoms with E-state index in [0.717, 1.165) is 37.2 Å². The molecule has 5 heteroatoms. The molecule has 1 aliphatic heterocycles. The number of hydrogen-bond donors (Lipinski definition) is 1. The molecule has 1 atom stereocenters. The number of aromatic nitrogens is 1. The largest absolute Gasteiger partial charge is 0.444 e. The lowest BCUT2D eigenvalue weighted by atomic mass is 10.2. The van der Waals surface area contributed by atoms with Crippen LogP contribution in [0.25, 0.3) is 11.5 Å². The van der Waals surface area contributed by atoms with Crippen LogP contribution in [0.3, 0.4) is 0 Å². The Morgan fingerprint density at radius 3 is 3.15 bits per heavy atom. The van der Waals surface area contributed by atoms with Gasteiger partial charge in [-0.1, -0.05) is 17.7 Å². The lowest BCUT2D eigenvalue weighted by Crippen LogP contribution is -2.31. The second kappa shape index (κ2) is 5.95. The molecule has 2 heterocycles. The molecule has 0 aliphatic carbocycles. The molecule has 1 fully saturated rings. The summed E-state index contributed by atoms with van der Waals surface area (Å²) in [7, 11) is 0. The third-order valence-corrected chi connectivity index (χ3v) is 3.93. The van der Waals surface area contributed by atoms with Gasteiger partial charge in [-0.15, -0.1) is 0 Å². The fraction of sp³-hybridized carbons (Fsp3) is 0.400. The summed E-state index contributed by atoms with van der Waals surface area (Å²) in [6, 6.07) is 7.72. The maximum absolute atomic E-state index is 9.33. The first-order chi connectivity index (χ1) is 9.76. The van der Waals surface area contributed by atoms with Crippen LogP contribution in [0.1, 0.15) is 18.5 Å². The van der Waals surface area contributed by atoms with E-state index in [1.807, 2.05) is 24.3 Å². The van der Waals surface area contributed by atoms with Crippen molar-refractivity contribution in [3.63, 3.8) is 0 Å². The summed E-state index contributed by atoms with van der Waals surface area (Å²) in [4.78, 5) is 6.75. The molecule has 20 heavy (non-hydrogen) atoms. The average molecular weight is 293 g/mol. The monoisotopic (exact) mass is 292 g/mol. The van der Waals surface area contributed by atoms with Crippen LogP contribution in [0.2, 0.25) is 5.02 Å². The Morgan fingerprint density at radius 2 is 2.35 bits per heavy atom. The topological polar surface area (TPSA) is 49.5 Å². The van der Waals surface area contributed by atoms with Gasteiger partial charge in [0.2, 0.25) is 5.89 Å². The summed E-state index contributed by atoms with van der Waals surface area (Å²) in [6.07, 6.45) is 3.86. The number of nitrogens with zero attached hydrogens (tertiary/aromatic N) is 2. The summed E-state index contributed by atoms with van der Waals surface area (Å²) in [5.74, 6) is 0.585. The smallest absolute Gasteiger partial charge is 0.226 e. The maximum Gasteiger partial charge on any atom is 0.226 e. The fourth-order valence-electron chi connectivity index (χ4n) is 2.65. The minimum Gasteiger partial charge on any atom is -0.444 e. The zero-order valence-corrected chi connectivity index (χ0v) is 11.9. The number of hydrogen-bond acceptors (Lipinski definition) is 4. The first-order valence-electron chi connectivity index (χ1n) is 6.81. The minimum atomic E-state index is 0.207. The first-order valence-corrected chi connectivity index (χ1v) is 7.19. The van der Waals surface area contributed by atoms with Crippen molar-refractivity contribution in [1.82, 2.24) is 9.88 Å². The van der Waals surface area contributed by atoms with Gasteiger partial charge in [0.05, 0.1) is 12.3 Å². The summed E-state index contributed by atoms with van der Waals surface area (Å²) in [5.41, 5.74) is 1.77. The molecule has 2 aromatic rings. The van der Waals surface area contributed by atoms with Crippen molar-refractivity contribution in [2.24, 2.45) is 0 Å². The van der Waals surface area contributed by atoms with Crippen molar-refractivity contribution in [2.45, 2.75) is 25.4 Å². The van der Waals surface area contributed by atoms with E-state index in [1.165, 1.54) is 0 Å². The molecule has 0 bridgehead atoms. The number of halogens is 1.